The third-order valence-corrected chi connectivity index (χ3v) is 7.51. The maximum Gasteiger partial charge on any atom is 0.268 e. The smallest absolute Gasteiger partial charge is 0.268 e. The van der Waals surface area contributed by atoms with Crippen molar-refractivity contribution in [2.75, 3.05) is 5.75 Å². The number of carbonyl (C=O) groups is 2. The van der Waals surface area contributed by atoms with Gasteiger partial charge in [-0.25, -0.2) is 13.1 Å². The number of hydrogen-bond donors (Lipinski definition) is 3. The number of nitrogens with one attached hydrogen (secondary N) is 2. The molecule has 0 radical (unpaired) electrons. The minimum Gasteiger partial charge on any atom is -0.347 e. The van der Waals surface area contributed by atoms with E-state index in [1.54, 1.807) is 24.3 Å². The monoisotopic (exact) mass is 531 g/mol. The molecule has 0 aliphatic heterocycles. The molecule has 10 heteroatoms. The zero-order valence-electron chi connectivity index (χ0n) is 20.9. The molecule has 196 valence electrons. The SMILES string of the molecule is CCS(=O)(=O)N[C@H](Cc1ccccc1)C(=O)n1c(C(=O)NCc2ccc(C=NN)cc2)cc2ccccc21. The first-order valence-corrected chi connectivity index (χ1v) is 13.8. The minimum atomic E-state index is -3.72. The standard InChI is InChI=1S/C28H29N5O4S/c1-2-38(36,37)32-24(16-20-8-4-3-5-9-20)28(35)33-25-11-7-6-10-23(25)17-26(33)27(34)30-18-21-12-14-22(15-13-21)19-31-29/h3-15,17,19,24,32H,2,16,18,29H2,1H3,(H,30,34)/t24-/m1/s1. The van der Waals surface area contributed by atoms with Gasteiger partial charge in [0.15, 0.2) is 0 Å². The molecule has 4 aromatic rings. The number of fused-ring (bicyclic) bond motifs is 1. The van der Waals surface area contributed by atoms with Crippen molar-refractivity contribution in [2.45, 2.75) is 25.9 Å². The van der Waals surface area contributed by atoms with Crippen molar-refractivity contribution in [1.29, 1.82) is 0 Å². The third kappa shape index (κ3) is 6.34. The summed E-state index contributed by atoms with van der Waals surface area (Å²) < 4.78 is 28.9. The van der Waals surface area contributed by atoms with Crippen molar-refractivity contribution >= 4 is 39.0 Å². The van der Waals surface area contributed by atoms with Crippen LogP contribution in [0.4, 0.5) is 0 Å². The lowest BCUT2D eigenvalue weighted by molar-refractivity contribution is 0.0846. The van der Waals surface area contributed by atoms with E-state index in [4.69, 9.17) is 5.84 Å². The van der Waals surface area contributed by atoms with E-state index in [-0.39, 0.29) is 24.4 Å². The first-order valence-electron chi connectivity index (χ1n) is 12.1. The van der Waals surface area contributed by atoms with Gasteiger partial charge in [0, 0.05) is 11.9 Å². The summed E-state index contributed by atoms with van der Waals surface area (Å²) >= 11 is 0. The number of para-hydroxylation sites is 1. The zero-order chi connectivity index (χ0) is 27.1. The van der Waals surface area contributed by atoms with Crippen molar-refractivity contribution in [3.63, 3.8) is 0 Å². The largest absolute Gasteiger partial charge is 0.347 e. The molecule has 0 unspecified atom stereocenters. The quantitative estimate of drug-likeness (QED) is 0.164. The molecule has 9 nitrogen and oxygen atoms in total. The van der Waals surface area contributed by atoms with Crippen molar-refractivity contribution in [3.8, 4) is 0 Å². The first kappa shape index (κ1) is 26.8. The highest BCUT2D eigenvalue weighted by Gasteiger charge is 2.29. The zero-order valence-corrected chi connectivity index (χ0v) is 21.7. The van der Waals surface area contributed by atoms with Gasteiger partial charge in [-0.1, -0.05) is 72.8 Å². The van der Waals surface area contributed by atoms with E-state index in [0.717, 1.165) is 16.7 Å². The second-order valence-corrected chi connectivity index (χ2v) is 10.8. The fourth-order valence-electron chi connectivity index (χ4n) is 4.12. The number of hydrogen-bond acceptors (Lipinski definition) is 6. The first-order chi connectivity index (χ1) is 18.3. The number of aromatic nitrogens is 1. The van der Waals surface area contributed by atoms with Crippen LogP contribution >= 0.6 is 0 Å². The van der Waals surface area contributed by atoms with Crippen LogP contribution in [0, 0.1) is 0 Å². The van der Waals surface area contributed by atoms with Crippen LogP contribution in [0.25, 0.3) is 10.9 Å². The molecule has 0 bridgehead atoms. The summed E-state index contributed by atoms with van der Waals surface area (Å²) in [7, 11) is -3.72. The number of hydrazone groups is 1. The van der Waals surface area contributed by atoms with E-state index in [1.807, 2.05) is 60.7 Å². The van der Waals surface area contributed by atoms with Gasteiger partial charge in [0.25, 0.3) is 5.91 Å². The maximum atomic E-state index is 13.9. The molecular weight excluding hydrogens is 502 g/mol. The summed E-state index contributed by atoms with van der Waals surface area (Å²) in [6, 6.07) is 24.1. The van der Waals surface area contributed by atoms with E-state index >= 15 is 0 Å². The average Bonchev–Trinajstić information content (AvgIpc) is 3.32. The Morgan fingerprint density at radius 3 is 2.34 bits per heavy atom. The number of benzene rings is 3. The summed E-state index contributed by atoms with van der Waals surface area (Å²) in [4.78, 5) is 27.3. The molecule has 0 aliphatic carbocycles. The second kappa shape index (κ2) is 11.8. The molecule has 4 rings (SSSR count). The van der Waals surface area contributed by atoms with Crippen LogP contribution in [0.2, 0.25) is 0 Å². The molecule has 1 aromatic heterocycles. The van der Waals surface area contributed by atoms with Crippen molar-refractivity contribution in [3.05, 3.63) is 107 Å². The highest BCUT2D eigenvalue weighted by atomic mass is 32.2. The molecule has 0 spiro atoms. The Labute approximate surface area is 221 Å². The van der Waals surface area contributed by atoms with E-state index in [1.165, 1.54) is 17.7 Å². The fraction of sp³-hybridized carbons (Fsp3) is 0.179. The molecule has 1 atom stereocenters. The maximum absolute atomic E-state index is 13.9. The van der Waals surface area contributed by atoms with Gasteiger partial charge in [0.2, 0.25) is 15.9 Å². The number of rotatable bonds is 10. The molecule has 0 saturated carbocycles. The predicted octanol–water partition coefficient (Wildman–Crippen LogP) is 3.05. The summed E-state index contributed by atoms with van der Waals surface area (Å²) in [6.45, 7) is 1.73. The Balaban J connectivity index is 1.67. The van der Waals surface area contributed by atoms with Crippen LogP contribution in [0.3, 0.4) is 0 Å². The molecular formula is C28H29N5O4S. The molecule has 0 aliphatic rings. The second-order valence-electron chi connectivity index (χ2n) is 8.73. The number of amides is 1. The van der Waals surface area contributed by atoms with Gasteiger partial charge in [-0.15, -0.1) is 0 Å². The number of nitrogens with zero attached hydrogens (tertiary/aromatic N) is 2. The molecule has 3 aromatic carbocycles. The molecule has 1 heterocycles. The van der Waals surface area contributed by atoms with Crippen LogP contribution in [0.15, 0.2) is 90.0 Å². The lowest BCUT2D eigenvalue weighted by Gasteiger charge is -2.20. The average molecular weight is 532 g/mol. The van der Waals surface area contributed by atoms with Gasteiger partial charge in [-0.3, -0.25) is 14.2 Å². The highest BCUT2D eigenvalue weighted by molar-refractivity contribution is 7.89. The number of sulfonamides is 1. The van der Waals surface area contributed by atoms with Crippen LogP contribution in [0.5, 0.6) is 0 Å². The van der Waals surface area contributed by atoms with Gasteiger partial charge in [-0.05, 0) is 42.2 Å². The predicted molar refractivity (Wildman–Crippen MR) is 148 cm³/mol. The molecule has 0 fully saturated rings. The summed E-state index contributed by atoms with van der Waals surface area (Å²) in [5.74, 6) is 4.00. The van der Waals surface area contributed by atoms with Crippen LogP contribution in [-0.2, 0) is 23.0 Å². The van der Waals surface area contributed by atoms with E-state index < -0.39 is 27.9 Å². The van der Waals surface area contributed by atoms with Crippen LogP contribution in [0.1, 0.15) is 38.9 Å². The van der Waals surface area contributed by atoms with Crippen molar-refractivity contribution in [2.24, 2.45) is 10.9 Å². The normalized spacial score (nSPS) is 12.6. The molecule has 38 heavy (non-hydrogen) atoms. The van der Waals surface area contributed by atoms with Crippen molar-refractivity contribution < 1.29 is 18.0 Å². The van der Waals surface area contributed by atoms with E-state index in [0.29, 0.717) is 10.9 Å². The van der Waals surface area contributed by atoms with Gasteiger partial charge in [0.1, 0.15) is 11.7 Å². The minimum absolute atomic E-state index is 0.122. The van der Waals surface area contributed by atoms with Crippen LogP contribution < -0.4 is 15.9 Å². The summed E-state index contributed by atoms with van der Waals surface area (Å²) in [5.41, 5.74) is 3.10. The van der Waals surface area contributed by atoms with E-state index in [9.17, 15) is 18.0 Å². The Hall–Kier alpha value is -4.28. The van der Waals surface area contributed by atoms with Crippen LogP contribution in [-0.4, -0.2) is 42.8 Å². The summed E-state index contributed by atoms with van der Waals surface area (Å²) in [5, 5.41) is 7.04. The van der Waals surface area contributed by atoms with Gasteiger partial charge >= 0.3 is 0 Å². The van der Waals surface area contributed by atoms with Gasteiger partial charge in [-0.2, -0.15) is 5.10 Å². The Bertz CT molecular complexity index is 1560. The number of nitrogens with two attached hydrogens (primary N) is 1. The Morgan fingerprint density at radius 2 is 1.66 bits per heavy atom. The fourth-order valence-corrected chi connectivity index (χ4v) is 4.91. The summed E-state index contributed by atoms with van der Waals surface area (Å²) in [6.07, 6.45) is 1.65. The van der Waals surface area contributed by atoms with E-state index in [2.05, 4.69) is 15.1 Å². The number of carbonyl (C=O) groups excluding carboxylic acids is 2. The topological polar surface area (TPSA) is 136 Å². The molecule has 0 saturated heterocycles. The Morgan fingerprint density at radius 1 is 0.974 bits per heavy atom. The third-order valence-electron chi connectivity index (χ3n) is 6.10. The molecule has 1 amide bonds. The van der Waals surface area contributed by atoms with Gasteiger partial charge in [0.05, 0.1) is 17.5 Å². The molecule has 4 N–H and O–H groups in total. The van der Waals surface area contributed by atoms with Gasteiger partial charge < -0.3 is 11.2 Å². The lowest BCUT2D eigenvalue weighted by Crippen LogP contribution is -2.46. The Kier molecular flexibility index (Phi) is 8.35. The highest BCUT2D eigenvalue weighted by Crippen LogP contribution is 2.22. The van der Waals surface area contributed by atoms with Crippen molar-refractivity contribution in [1.82, 2.24) is 14.6 Å². The lowest BCUT2D eigenvalue weighted by atomic mass is 10.1.